The van der Waals surface area contributed by atoms with Crippen LogP contribution in [0.3, 0.4) is 0 Å². The number of carbonyl (C=O) groups is 1. The van der Waals surface area contributed by atoms with E-state index in [-0.39, 0.29) is 12.0 Å². The van der Waals surface area contributed by atoms with E-state index < -0.39 is 0 Å². The van der Waals surface area contributed by atoms with Crippen LogP contribution in [0.4, 0.5) is 0 Å². The number of carbonyl (C=O) groups excluding carboxylic acids is 1. The molecule has 2 aromatic carbocycles. The first-order valence-corrected chi connectivity index (χ1v) is 6.65. The fourth-order valence-electron chi connectivity index (χ4n) is 1.99. The molecule has 1 atom stereocenters. The molecular formula is C16H19NO2. The van der Waals surface area contributed by atoms with Crippen LogP contribution in [0.15, 0.2) is 42.5 Å². The second-order valence-electron chi connectivity index (χ2n) is 4.67. The van der Waals surface area contributed by atoms with E-state index >= 15 is 0 Å². The summed E-state index contributed by atoms with van der Waals surface area (Å²) in [6.45, 7) is 2.43. The molecule has 1 unspecified atom stereocenters. The van der Waals surface area contributed by atoms with Crippen molar-refractivity contribution >= 4 is 16.7 Å². The molecule has 0 spiro atoms. The van der Waals surface area contributed by atoms with Crippen molar-refractivity contribution in [1.29, 1.82) is 0 Å². The van der Waals surface area contributed by atoms with E-state index in [0.717, 1.165) is 10.8 Å². The van der Waals surface area contributed by atoms with Crippen molar-refractivity contribution in [1.82, 2.24) is 5.32 Å². The van der Waals surface area contributed by atoms with Crippen LogP contribution >= 0.6 is 0 Å². The summed E-state index contributed by atoms with van der Waals surface area (Å²) in [5.74, 6) is -0.0888. The molecule has 0 heterocycles. The molecule has 0 bridgehead atoms. The predicted octanol–water partition coefficient (Wildman–Crippen LogP) is 2.73. The SMILES string of the molecule is CCC(O)CCNC(=O)c1ccc2ccccc2c1. The van der Waals surface area contributed by atoms with Crippen LogP contribution in [0.25, 0.3) is 10.8 Å². The van der Waals surface area contributed by atoms with Crippen molar-refractivity contribution < 1.29 is 9.90 Å². The molecule has 2 rings (SSSR count). The third kappa shape index (κ3) is 3.55. The van der Waals surface area contributed by atoms with E-state index in [1.54, 1.807) is 0 Å². The number of amides is 1. The zero-order valence-corrected chi connectivity index (χ0v) is 11.1. The number of benzene rings is 2. The molecule has 2 N–H and O–H groups in total. The zero-order chi connectivity index (χ0) is 13.7. The fourth-order valence-corrected chi connectivity index (χ4v) is 1.99. The van der Waals surface area contributed by atoms with Crippen LogP contribution in [-0.4, -0.2) is 23.7 Å². The molecule has 0 radical (unpaired) electrons. The highest BCUT2D eigenvalue weighted by Crippen LogP contribution is 2.15. The molecule has 0 aliphatic carbocycles. The number of rotatable bonds is 5. The van der Waals surface area contributed by atoms with Gasteiger partial charge in [-0.05, 0) is 35.7 Å². The number of hydrogen-bond acceptors (Lipinski definition) is 2. The summed E-state index contributed by atoms with van der Waals surface area (Å²) < 4.78 is 0. The fraction of sp³-hybridized carbons (Fsp3) is 0.312. The molecule has 0 fully saturated rings. The number of fused-ring (bicyclic) bond motifs is 1. The summed E-state index contributed by atoms with van der Waals surface area (Å²) in [6, 6.07) is 13.6. The van der Waals surface area contributed by atoms with E-state index in [1.165, 1.54) is 0 Å². The Bertz CT molecular complexity index is 565. The molecule has 0 aliphatic rings. The molecule has 19 heavy (non-hydrogen) atoms. The lowest BCUT2D eigenvalue weighted by atomic mass is 10.1. The van der Waals surface area contributed by atoms with E-state index in [2.05, 4.69) is 5.32 Å². The molecule has 0 saturated carbocycles. The highest BCUT2D eigenvalue weighted by atomic mass is 16.3. The molecular weight excluding hydrogens is 238 g/mol. The summed E-state index contributed by atoms with van der Waals surface area (Å²) in [7, 11) is 0. The van der Waals surface area contributed by atoms with Gasteiger partial charge in [0.25, 0.3) is 5.91 Å². The second kappa shape index (κ2) is 6.34. The Labute approximate surface area is 113 Å². The Kier molecular flexibility index (Phi) is 4.53. The standard InChI is InChI=1S/C16H19NO2/c1-2-15(18)9-10-17-16(19)14-8-7-12-5-3-4-6-13(12)11-14/h3-8,11,15,18H,2,9-10H2,1H3,(H,17,19). The maximum absolute atomic E-state index is 12.0. The largest absolute Gasteiger partial charge is 0.393 e. The first-order valence-electron chi connectivity index (χ1n) is 6.65. The quantitative estimate of drug-likeness (QED) is 0.865. The highest BCUT2D eigenvalue weighted by molar-refractivity contribution is 5.98. The van der Waals surface area contributed by atoms with Crippen LogP contribution in [-0.2, 0) is 0 Å². The lowest BCUT2D eigenvalue weighted by Crippen LogP contribution is -2.26. The first-order chi connectivity index (χ1) is 9.20. The number of hydrogen-bond donors (Lipinski definition) is 2. The van der Waals surface area contributed by atoms with Crippen molar-refractivity contribution in [2.45, 2.75) is 25.9 Å². The maximum Gasteiger partial charge on any atom is 0.251 e. The summed E-state index contributed by atoms with van der Waals surface area (Å²) >= 11 is 0. The Hall–Kier alpha value is -1.87. The van der Waals surface area contributed by atoms with Crippen LogP contribution in [0.5, 0.6) is 0 Å². The summed E-state index contributed by atoms with van der Waals surface area (Å²) in [5, 5.41) is 14.4. The van der Waals surface area contributed by atoms with Crippen molar-refractivity contribution in [3.8, 4) is 0 Å². The molecule has 0 saturated heterocycles. The summed E-state index contributed by atoms with van der Waals surface area (Å²) in [6.07, 6.45) is 0.971. The van der Waals surface area contributed by atoms with E-state index in [0.29, 0.717) is 24.9 Å². The van der Waals surface area contributed by atoms with Gasteiger partial charge in [-0.1, -0.05) is 37.3 Å². The van der Waals surface area contributed by atoms with Gasteiger partial charge in [0.2, 0.25) is 0 Å². The minimum atomic E-state index is -0.336. The molecule has 0 aliphatic heterocycles. The highest BCUT2D eigenvalue weighted by Gasteiger charge is 2.07. The number of aliphatic hydroxyl groups is 1. The predicted molar refractivity (Wildman–Crippen MR) is 77.2 cm³/mol. The van der Waals surface area contributed by atoms with Crippen LogP contribution in [0.1, 0.15) is 30.1 Å². The van der Waals surface area contributed by atoms with E-state index in [1.807, 2.05) is 49.4 Å². The Morgan fingerprint density at radius 3 is 2.68 bits per heavy atom. The minimum absolute atomic E-state index is 0.0888. The molecule has 2 aromatic rings. The van der Waals surface area contributed by atoms with Crippen LogP contribution < -0.4 is 5.32 Å². The monoisotopic (exact) mass is 257 g/mol. The van der Waals surface area contributed by atoms with Gasteiger partial charge in [0, 0.05) is 12.1 Å². The summed E-state index contributed by atoms with van der Waals surface area (Å²) in [5.41, 5.74) is 0.657. The molecule has 3 heteroatoms. The summed E-state index contributed by atoms with van der Waals surface area (Å²) in [4.78, 5) is 12.0. The molecule has 100 valence electrons. The van der Waals surface area contributed by atoms with Crippen LogP contribution in [0.2, 0.25) is 0 Å². The minimum Gasteiger partial charge on any atom is -0.393 e. The maximum atomic E-state index is 12.0. The van der Waals surface area contributed by atoms with Gasteiger partial charge in [-0.2, -0.15) is 0 Å². The normalized spacial score (nSPS) is 12.3. The smallest absolute Gasteiger partial charge is 0.251 e. The van der Waals surface area contributed by atoms with Gasteiger partial charge in [-0.15, -0.1) is 0 Å². The topological polar surface area (TPSA) is 49.3 Å². The average molecular weight is 257 g/mol. The zero-order valence-electron chi connectivity index (χ0n) is 11.1. The van der Waals surface area contributed by atoms with Crippen molar-refractivity contribution in [2.24, 2.45) is 0 Å². The number of aliphatic hydroxyl groups excluding tert-OH is 1. The third-order valence-electron chi connectivity index (χ3n) is 3.25. The van der Waals surface area contributed by atoms with Gasteiger partial charge >= 0.3 is 0 Å². The van der Waals surface area contributed by atoms with E-state index in [4.69, 9.17) is 0 Å². The molecule has 3 nitrogen and oxygen atoms in total. The first kappa shape index (κ1) is 13.6. The Morgan fingerprint density at radius 1 is 1.21 bits per heavy atom. The van der Waals surface area contributed by atoms with Gasteiger partial charge in [0.1, 0.15) is 0 Å². The lowest BCUT2D eigenvalue weighted by Gasteiger charge is -2.09. The van der Waals surface area contributed by atoms with Gasteiger partial charge in [-0.3, -0.25) is 4.79 Å². The van der Waals surface area contributed by atoms with Gasteiger partial charge in [-0.25, -0.2) is 0 Å². The van der Waals surface area contributed by atoms with Gasteiger partial charge in [0.05, 0.1) is 6.10 Å². The Morgan fingerprint density at radius 2 is 1.95 bits per heavy atom. The van der Waals surface area contributed by atoms with E-state index in [9.17, 15) is 9.90 Å². The van der Waals surface area contributed by atoms with Gasteiger partial charge < -0.3 is 10.4 Å². The average Bonchev–Trinajstić information content (AvgIpc) is 2.46. The van der Waals surface area contributed by atoms with Crippen molar-refractivity contribution in [3.63, 3.8) is 0 Å². The third-order valence-corrected chi connectivity index (χ3v) is 3.25. The molecule has 0 aromatic heterocycles. The van der Waals surface area contributed by atoms with Crippen molar-refractivity contribution in [2.75, 3.05) is 6.54 Å². The number of nitrogens with one attached hydrogen (secondary N) is 1. The Balaban J connectivity index is 2.01. The molecule has 1 amide bonds. The second-order valence-corrected chi connectivity index (χ2v) is 4.67. The van der Waals surface area contributed by atoms with Crippen LogP contribution in [0, 0.1) is 0 Å². The van der Waals surface area contributed by atoms with Gasteiger partial charge in [0.15, 0.2) is 0 Å². The van der Waals surface area contributed by atoms with Crippen molar-refractivity contribution in [3.05, 3.63) is 48.0 Å². The lowest BCUT2D eigenvalue weighted by molar-refractivity contribution is 0.0942.